The van der Waals surface area contributed by atoms with E-state index in [0.29, 0.717) is 12.0 Å². The van der Waals surface area contributed by atoms with E-state index >= 15 is 0 Å². The van der Waals surface area contributed by atoms with Crippen molar-refractivity contribution in [1.29, 1.82) is 0 Å². The predicted octanol–water partition coefficient (Wildman–Crippen LogP) is 2.57. The second-order valence-corrected chi connectivity index (χ2v) is 4.96. The zero-order valence-corrected chi connectivity index (χ0v) is 10.1. The molecule has 3 heteroatoms. The van der Waals surface area contributed by atoms with Gasteiger partial charge in [0.15, 0.2) is 5.78 Å². The van der Waals surface area contributed by atoms with Gasteiger partial charge >= 0.3 is 5.97 Å². The number of benzene rings is 1. The number of carbonyl (C=O) groups is 2. The first-order valence-corrected chi connectivity index (χ1v) is 5.84. The largest absolute Gasteiger partial charge is 0.481 e. The smallest absolute Gasteiger partial charge is 0.304 e. The van der Waals surface area contributed by atoms with Crippen LogP contribution in [0.5, 0.6) is 0 Å². The van der Waals surface area contributed by atoms with Crippen molar-refractivity contribution in [2.75, 3.05) is 0 Å². The van der Waals surface area contributed by atoms with Crippen LogP contribution in [0.1, 0.15) is 48.2 Å². The molecule has 0 aliphatic heterocycles. The number of carbonyl (C=O) groups excluding carboxylic acids is 1. The Kier molecular flexibility index (Phi) is 2.77. The van der Waals surface area contributed by atoms with E-state index in [2.05, 4.69) is 0 Å². The minimum absolute atomic E-state index is 0.0111. The van der Waals surface area contributed by atoms with Crippen LogP contribution in [0.2, 0.25) is 0 Å². The molecule has 1 atom stereocenters. The Morgan fingerprint density at radius 2 is 2.18 bits per heavy atom. The van der Waals surface area contributed by atoms with E-state index in [1.807, 2.05) is 32.0 Å². The summed E-state index contributed by atoms with van der Waals surface area (Å²) < 4.78 is 0. The van der Waals surface area contributed by atoms with Gasteiger partial charge in [-0.15, -0.1) is 0 Å². The fourth-order valence-electron chi connectivity index (χ4n) is 2.60. The molecule has 1 N–H and O–H groups in total. The summed E-state index contributed by atoms with van der Waals surface area (Å²) in [5.74, 6) is -0.785. The lowest BCUT2D eigenvalue weighted by Crippen LogP contribution is -2.23. The Morgan fingerprint density at radius 1 is 1.47 bits per heavy atom. The number of ketones is 1. The fourth-order valence-corrected chi connectivity index (χ4v) is 2.60. The lowest BCUT2D eigenvalue weighted by atomic mass is 9.81. The third-order valence-corrected chi connectivity index (χ3v) is 3.53. The maximum atomic E-state index is 11.9. The molecule has 0 fully saturated rings. The number of fused-ring (bicyclic) bond motifs is 1. The summed E-state index contributed by atoms with van der Waals surface area (Å²) in [6.07, 6.45) is 1.20. The van der Waals surface area contributed by atoms with E-state index in [9.17, 15) is 9.59 Å². The number of Topliss-reactive ketones (excluding diaryl/α,β-unsaturated/α-hetero) is 1. The van der Waals surface area contributed by atoms with Gasteiger partial charge in [-0.3, -0.25) is 9.59 Å². The number of hydrogen-bond donors (Lipinski definition) is 1. The summed E-state index contributed by atoms with van der Waals surface area (Å²) in [7, 11) is 0. The first kappa shape index (κ1) is 11.8. The van der Waals surface area contributed by atoms with Crippen LogP contribution in [-0.4, -0.2) is 16.9 Å². The second-order valence-electron chi connectivity index (χ2n) is 4.96. The van der Waals surface area contributed by atoms with E-state index in [1.54, 1.807) is 0 Å². The highest BCUT2D eigenvalue weighted by atomic mass is 16.4. The topological polar surface area (TPSA) is 54.4 Å². The van der Waals surface area contributed by atoms with E-state index in [-0.39, 0.29) is 12.2 Å². The first-order chi connectivity index (χ1) is 7.96. The second kappa shape index (κ2) is 3.99. The van der Waals surface area contributed by atoms with Crippen LogP contribution in [-0.2, 0) is 16.6 Å². The monoisotopic (exact) mass is 232 g/mol. The van der Waals surface area contributed by atoms with Gasteiger partial charge in [-0.05, 0) is 23.6 Å². The molecule has 1 unspecified atom stereocenters. The molecule has 2 rings (SSSR count). The zero-order chi connectivity index (χ0) is 12.6. The maximum Gasteiger partial charge on any atom is 0.304 e. The molecule has 1 aromatic rings. The van der Waals surface area contributed by atoms with Gasteiger partial charge < -0.3 is 5.11 Å². The van der Waals surface area contributed by atoms with Crippen LogP contribution in [0.15, 0.2) is 18.2 Å². The molecule has 17 heavy (non-hydrogen) atoms. The number of carboxylic acids is 1. The van der Waals surface area contributed by atoms with Crippen LogP contribution in [0.3, 0.4) is 0 Å². The van der Waals surface area contributed by atoms with Crippen molar-refractivity contribution < 1.29 is 14.7 Å². The van der Waals surface area contributed by atoms with E-state index < -0.39 is 11.4 Å². The van der Waals surface area contributed by atoms with Crippen molar-refractivity contribution in [3.63, 3.8) is 0 Å². The minimum atomic E-state index is -0.854. The van der Waals surface area contributed by atoms with Crippen LogP contribution in [0, 0.1) is 0 Å². The van der Waals surface area contributed by atoms with Crippen molar-refractivity contribution in [3.05, 3.63) is 34.9 Å². The Labute approximate surface area is 100 Å². The van der Waals surface area contributed by atoms with Crippen molar-refractivity contribution in [2.24, 2.45) is 0 Å². The minimum Gasteiger partial charge on any atom is -0.481 e. The van der Waals surface area contributed by atoms with Gasteiger partial charge in [0.1, 0.15) is 0 Å². The summed E-state index contributed by atoms with van der Waals surface area (Å²) in [5.41, 5.74) is 2.19. The SMILES string of the molecule is CCc1ccc2c(c1)C(=O)CC2(C)CC(=O)O. The third-order valence-electron chi connectivity index (χ3n) is 3.53. The van der Waals surface area contributed by atoms with Gasteiger partial charge in [0.05, 0.1) is 6.42 Å². The first-order valence-electron chi connectivity index (χ1n) is 5.84. The summed E-state index contributed by atoms with van der Waals surface area (Å²) in [4.78, 5) is 22.8. The van der Waals surface area contributed by atoms with Crippen molar-refractivity contribution in [2.45, 2.75) is 38.5 Å². The predicted molar refractivity (Wildman–Crippen MR) is 64.4 cm³/mol. The van der Waals surface area contributed by atoms with E-state index in [4.69, 9.17) is 5.11 Å². The quantitative estimate of drug-likeness (QED) is 0.871. The van der Waals surface area contributed by atoms with Crippen LogP contribution < -0.4 is 0 Å². The Hall–Kier alpha value is -1.64. The Morgan fingerprint density at radius 3 is 2.76 bits per heavy atom. The molecule has 0 saturated carbocycles. The average molecular weight is 232 g/mol. The van der Waals surface area contributed by atoms with Gasteiger partial charge in [-0.1, -0.05) is 26.0 Å². The number of aryl methyl sites for hydroxylation is 1. The van der Waals surface area contributed by atoms with Crippen molar-refractivity contribution >= 4 is 11.8 Å². The lowest BCUT2D eigenvalue weighted by molar-refractivity contribution is -0.138. The molecule has 0 heterocycles. The molecule has 0 saturated heterocycles. The van der Waals surface area contributed by atoms with Crippen LogP contribution >= 0.6 is 0 Å². The molecule has 1 aromatic carbocycles. The van der Waals surface area contributed by atoms with Gasteiger partial charge in [0, 0.05) is 17.4 Å². The summed E-state index contributed by atoms with van der Waals surface area (Å²) >= 11 is 0. The molecule has 1 aliphatic rings. The molecule has 0 amide bonds. The number of hydrogen-bond acceptors (Lipinski definition) is 2. The summed E-state index contributed by atoms with van der Waals surface area (Å²) in [6.45, 7) is 3.90. The molecule has 0 aromatic heterocycles. The third kappa shape index (κ3) is 1.97. The molecular formula is C14H16O3. The lowest BCUT2D eigenvalue weighted by Gasteiger charge is -2.22. The zero-order valence-electron chi connectivity index (χ0n) is 10.1. The highest BCUT2D eigenvalue weighted by molar-refractivity contribution is 6.02. The molecule has 0 bridgehead atoms. The fraction of sp³-hybridized carbons (Fsp3) is 0.429. The van der Waals surface area contributed by atoms with Gasteiger partial charge in [-0.25, -0.2) is 0 Å². The maximum absolute atomic E-state index is 11.9. The molecule has 0 spiro atoms. The number of carboxylic acid groups (broad SMARTS) is 1. The number of rotatable bonds is 3. The standard InChI is InChI=1S/C14H16O3/c1-3-9-4-5-11-10(6-9)12(15)7-14(11,2)8-13(16)17/h4-6H,3,7-8H2,1-2H3,(H,16,17). The molecule has 0 radical (unpaired) electrons. The average Bonchev–Trinajstić information content (AvgIpc) is 2.49. The molecule has 3 nitrogen and oxygen atoms in total. The summed E-state index contributed by atoms with van der Waals surface area (Å²) in [5, 5.41) is 8.94. The molecular weight excluding hydrogens is 216 g/mol. The Balaban J connectivity index is 2.47. The van der Waals surface area contributed by atoms with Crippen molar-refractivity contribution in [3.8, 4) is 0 Å². The summed E-state index contributed by atoms with van der Waals surface area (Å²) in [6, 6.07) is 5.81. The van der Waals surface area contributed by atoms with E-state index in [0.717, 1.165) is 17.5 Å². The van der Waals surface area contributed by atoms with Gasteiger partial charge in [0.2, 0.25) is 0 Å². The van der Waals surface area contributed by atoms with Crippen LogP contribution in [0.25, 0.3) is 0 Å². The van der Waals surface area contributed by atoms with Gasteiger partial charge in [-0.2, -0.15) is 0 Å². The van der Waals surface area contributed by atoms with Crippen molar-refractivity contribution in [1.82, 2.24) is 0 Å². The molecule has 90 valence electrons. The van der Waals surface area contributed by atoms with Gasteiger partial charge in [0.25, 0.3) is 0 Å². The highest BCUT2D eigenvalue weighted by Gasteiger charge is 2.41. The number of aliphatic carboxylic acids is 1. The van der Waals surface area contributed by atoms with E-state index in [1.165, 1.54) is 0 Å². The van der Waals surface area contributed by atoms with Crippen LogP contribution in [0.4, 0.5) is 0 Å². The highest BCUT2D eigenvalue weighted by Crippen LogP contribution is 2.41. The molecule has 1 aliphatic carbocycles. The Bertz CT molecular complexity index is 490. The normalized spacial score (nSPS) is 22.6.